The molecule has 0 saturated heterocycles. The van der Waals surface area contributed by atoms with Crippen LogP contribution in [0.5, 0.6) is 0 Å². The summed E-state index contributed by atoms with van der Waals surface area (Å²) in [7, 11) is 0. The van der Waals surface area contributed by atoms with Gasteiger partial charge in [0, 0.05) is 12.1 Å². The Balaban J connectivity index is 0.000000980. The average molecular weight is 212 g/mol. The van der Waals surface area contributed by atoms with Crippen LogP contribution in [0.4, 0.5) is 0 Å². The number of rotatable bonds is 0. The summed E-state index contributed by atoms with van der Waals surface area (Å²) in [5.41, 5.74) is 4.51. The van der Waals surface area contributed by atoms with Gasteiger partial charge in [-0.05, 0) is 43.0 Å². The predicted octanol–water partition coefficient (Wildman–Crippen LogP) is 2.01. The number of fused-ring (bicyclic) bond motifs is 1. The van der Waals surface area contributed by atoms with Gasteiger partial charge >= 0.3 is 0 Å². The molecule has 0 saturated carbocycles. The van der Waals surface area contributed by atoms with Crippen molar-refractivity contribution in [3.63, 3.8) is 0 Å². The molecule has 0 spiro atoms. The van der Waals surface area contributed by atoms with Gasteiger partial charge in [-0.2, -0.15) is 0 Å². The van der Waals surface area contributed by atoms with E-state index in [-0.39, 0.29) is 18.3 Å². The largest absolute Gasteiger partial charge is 0.352 e. The molecule has 1 aromatic rings. The molecule has 1 aromatic carbocycles. The van der Waals surface area contributed by atoms with Crippen molar-refractivity contribution >= 4 is 18.3 Å². The number of hydrogen-bond donors (Lipinski definition) is 1. The monoisotopic (exact) mass is 211 g/mol. The first-order chi connectivity index (χ1) is 6.18. The summed E-state index contributed by atoms with van der Waals surface area (Å²) in [4.78, 5) is 11.4. The molecule has 14 heavy (non-hydrogen) atoms. The Kier molecular flexibility index (Phi) is 3.17. The predicted molar refractivity (Wildman–Crippen MR) is 59.2 cm³/mol. The van der Waals surface area contributed by atoms with Gasteiger partial charge in [0.05, 0.1) is 0 Å². The smallest absolute Gasteiger partial charge is 0.251 e. The van der Waals surface area contributed by atoms with Crippen LogP contribution in [0.3, 0.4) is 0 Å². The molecule has 0 fully saturated rings. The first-order valence-electron chi connectivity index (χ1n) is 4.57. The van der Waals surface area contributed by atoms with E-state index in [1.165, 1.54) is 16.7 Å². The van der Waals surface area contributed by atoms with E-state index < -0.39 is 0 Å². The summed E-state index contributed by atoms with van der Waals surface area (Å²) in [5.74, 6) is 0.0735. The lowest BCUT2D eigenvalue weighted by Gasteiger charge is -2.17. The molecule has 0 atom stereocenters. The van der Waals surface area contributed by atoms with Gasteiger partial charge in [-0.25, -0.2) is 0 Å². The first-order valence-corrected chi connectivity index (χ1v) is 4.57. The van der Waals surface area contributed by atoms with Gasteiger partial charge in [-0.3, -0.25) is 4.79 Å². The summed E-state index contributed by atoms with van der Waals surface area (Å²) in [6.07, 6.45) is 0.961. The summed E-state index contributed by atoms with van der Waals surface area (Å²) in [6.45, 7) is 4.90. The normalized spacial score (nSPS) is 14.0. The second-order valence-corrected chi connectivity index (χ2v) is 3.60. The van der Waals surface area contributed by atoms with Gasteiger partial charge in [-0.1, -0.05) is 6.07 Å². The Morgan fingerprint density at radius 3 is 2.57 bits per heavy atom. The molecule has 1 N–H and O–H groups in total. The van der Waals surface area contributed by atoms with Crippen LogP contribution < -0.4 is 5.32 Å². The highest BCUT2D eigenvalue weighted by Gasteiger charge is 2.16. The standard InChI is InChI=1S/C11H13NO.ClH/c1-7-5-9-3-4-12-11(13)10(9)6-8(7)2;/h5-6H,3-4H2,1-2H3,(H,12,13);1H. The Morgan fingerprint density at radius 1 is 1.21 bits per heavy atom. The Hall–Kier alpha value is -1.02. The van der Waals surface area contributed by atoms with Crippen LogP contribution >= 0.6 is 12.4 Å². The van der Waals surface area contributed by atoms with Gasteiger partial charge in [-0.15, -0.1) is 12.4 Å². The van der Waals surface area contributed by atoms with E-state index in [2.05, 4.69) is 18.3 Å². The maximum atomic E-state index is 11.4. The zero-order chi connectivity index (χ0) is 9.42. The number of nitrogens with one attached hydrogen (secondary N) is 1. The second-order valence-electron chi connectivity index (χ2n) is 3.60. The number of amides is 1. The third kappa shape index (κ3) is 1.75. The topological polar surface area (TPSA) is 29.1 Å². The highest BCUT2D eigenvalue weighted by molar-refractivity contribution is 5.97. The average Bonchev–Trinajstić information content (AvgIpc) is 2.09. The fraction of sp³-hybridized carbons (Fsp3) is 0.364. The molecular weight excluding hydrogens is 198 g/mol. The van der Waals surface area contributed by atoms with Crippen LogP contribution in [0.25, 0.3) is 0 Å². The Labute approximate surface area is 90.1 Å². The highest BCUT2D eigenvalue weighted by atomic mass is 35.5. The van der Waals surface area contributed by atoms with Crippen LogP contribution in [0, 0.1) is 13.8 Å². The number of halogens is 1. The summed E-state index contributed by atoms with van der Waals surface area (Å²) >= 11 is 0. The van der Waals surface area contributed by atoms with Crippen molar-refractivity contribution in [2.24, 2.45) is 0 Å². The molecule has 1 aliphatic rings. The Morgan fingerprint density at radius 2 is 1.86 bits per heavy atom. The molecule has 76 valence electrons. The highest BCUT2D eigenvalue weighted by Crippen LogP contribution is 2.18. The Bertz CT molecular complexity index is 374. The molecule has 0 aliphatic carbocycles. The fourth-order valence-electron chi connectivity index (χ4n) is 1.70. The minimum absolute atomic E-state index is 0. The zero-order valence-corrected chi connectivity index (χ0v) is 9.20. The van der Waals surface area contributed by atoms with Crippen molar-refractivity contribution < 1.29 is 4.79 Å². The molecule has 0 aromatic heterocycles. The number of carbonyl (C=O) groups excluding carboxylic acids is 1. The SMILES string of the molecule is Cc1cc2c(cc1C)C(=O)NCC2.Cl. The van der Waals surface area contributed by atoms with Crippen molar-refractivity contribution in [3.05, 3.63) is 34.4 Å². The van der Waals surface area contributed by atoms with Gasteiger partial charge in [0.2, 0.25) is 0 Å². The van der Waals surface area contributed by atoms with Gasteiger partial charge in [0.15, 0.2) is 0 Å². The van der Waals surface area contributed by atoms with Crippen LogP contribution in [0.1, 0.15) is 27.0 Å². The maximum Gasteiger partial charge on any atom is 0.251 e. The number of benzene rings is 1. The molecular formula is C11H14ClNO. The third-order valence-corrected chi connectivity index (χ3v) is 2.64. The molecule has 1 amide bonds. The van der Waals surface area contributed by atoms with Crippen LogP contribution in [0.2, 0.25) is 0 Å². The third-order valence-electron chi connectivity index (χ3n) is 2.64. The van der Waals surface area contributed by atoms with E-state index in [9.17, 15) is 4.79 Å². The van der Waals surface area contributed by atoms with Gasteiger partial charge in [0.25, 0.3) is 5.91 Å². The van der Waals surface area contributed by atoms with Crippen molar-refractivity contribution in [2.45, 2.75) is 20.3 Å². The maximum absolute atomic E-state index is 11.4. The van der Waals surface area contributed by atoms with Crippen LogP contribution in [-0.2, 0) is 6.42 Å². The van der Waals surface area contributed by atoms with E-state index in [0.29, 0.717) is 0 Å². The molecule has 2 nitrogen and oxygen atoms in total. The van der Waals surface area contributed by atoms with Crippen molar-refractivity contribution in [1.82, 2.24) is 5.32 Å². The van der Waals surface area contributed by atoms with Crippen molar-refractivity contribution in [3.8, 4) is 0 Å². The minimum Gasteiger partial charge on any atom is -0.352 e. The number of carbonyl (C=O) groups is 1. The van der Waals surface area contributed by atoms with E-state index >= 15 is 0 Å². The molecule has 3 heteroatoms. The zero-order valence-electron chi connectivity index (χ0n) is 8.39. The molecule has 0 bridgehead atoms. The first kappa shape index (κ1) is 11.1. The quantitative estimate of drug-likeness (QED) is 0.699. The van der Waals surface area contributed by atoms with E-state index in [0.717, 1.165) is 18.5 Å². The molecule has 1 aliphatic heterocycles. The minimum atomic E-state index is 0. The lowest BCUT2D eigenvalue weighted by Crippen LogP contribution is -2.31. The second kappa shape index (κ2) is 4.01. The number of aryl methyl sites for hydroxylation is 2. The van der Waals surface area contributed by atoms with E-state index in [1.807, 2.05) is 13.0 Å². The van der Waals surface area contributed by atoms with Crippen molar-refractivity contribution in [1.29, 1.82) is 0 Å². The van der Waals surface area contributed by atoms with E-state index in [1.54, 1.807) is 0 Å². The lowest BCUT2D eigenvalue weighted by atomic mass is 9.95. The summed E-state index contributed by atoms with van der Waals surface area (Å²) in [6, 6.07) is 4.11. The lowest BCUT2D eigenvalue weighted by molar-refractivity contribution is 0.0946. The molecule has 1 heterocycles. The molecule has 2 rings (SSSR count). The van der Waals surface area contributed by atoms with Crippen molar-refractivity contribution in [2.75, 3.05) is 6.54 Å². The molecule has 0 radical (unpaired) electrons. The summed E-state index contributed by atoms with van der Waals surface area (Å²) < 4.78 is 0. The van der Waals surface area contributed by atoms with Gasteiger partial charge < -0.3 is 5.32 Å². The van der Waals surface area contributed by atoms with Crippen LogP contribution in [0.15, 0.2) is 12.1 Å². The van der Waals surface area contributed by atoms with Crippen LogP contribution in [-0.4, -0.2) is 12.5 Å². The summed E-state index contributed by atoms with van der Waals surface area (Å²) in [5, 5.41) is 2.85. The fourth-order valence-corrected chi connectivity index (χ4v) is 1.70. The van der Waals surface area contributed by atoms with Gasteiger partial charge in [0.1, 0.15) is 0 Å². The molecule has 0 unspecified atom stereocenters. The van der Waals surface area contributed by atoms with E-state index in [4.69, 9.17) is 0 Å². The number of hydrogen-bond acceptors (Lipinski definition) is 1.